The molecule has 0 aliphatic carbocycles. The third-order valence-corrected chi connectivity index (χ3v) is 5.58. The predicted octanol–water partition coefficient (Wildman–Crippen LogP) is 4.57. The molecule has 4 aromatic rings. The van der Waals surface area contributed by atoms with Gasteiger partial charge >= 0.3 is 0 Å². The molecule has 0 bridgehead atoms. The molecule has 0 atom stereocenters. The van der Waals surface area contributed by atoms with E-state index in [9.17, 15) is 9.59 Å². The zero-order valence-corrected chi connectivity index (χ0v) is 17.1. The smallest absolute Gasteiger partial charge is 0.259 e. The molecule has 148 valence electrons. The summed E-state index contributed by atoms with van der Waals surface area (Å²) in [6.45, 7) is 5.92. The maximum atomic E-state index is 12.9. The SMILES string of the molecule is CC(=O)Nc1ccc2nc(NC(=O)c3cc(C)n(Cc4ccco4)c3C)sc2c1. The van der Waals surface area contributed by atoms with Crippen LogP contribution in [0.25, 0.3) is 10.2 Å². The molecule has 0 unspecified atom stereocenters. The number of amides is 2. The second-order valence-electron chi connectivity index (χ2n) is 6.79. The Balaban J connectivity index is 1.55. The molecule has 0 aliphatic rings. The monoisotopic (exact) mass is 408 g/mol. The van der Waals surface area contributed by atoms with Crippen molar-refractivity contribution in [2.75, 3.05) is 10.6 Å². The van der Waals surface area contributed by atoms with Gasteiger partial charge in [-0.3, -0.25) is 14.9 Å². The minimum atomic E-state index is -0.204. The number of furan rings is 1. The van der Waals surface area contributed by atoms with Gasteiger partial charge in [0, 0.05) is 24.0 Å². The lowest BCUT2D eigenvalue weighted by atomic mass is 10.2. The van der Waals surface area contributed by atoms with Crippen LogP contribution in [0.3, 0.4) is 0 Å². The summed E-state index contributed by atoms with van der Waals surface area (Å²) in [5.41, 5.74) is 3.92. The minimum Gasteiger partial charge on any atom is -0.467 e. The van der Waals surface area contributed by atoms with Crippen molar-refractivity contribution in [3.05, 3.63) is 65.4 Å². The third kappa shape index (κ3) is 3.93. The number of carbonyl (C=O) groups excluding carboxylic acids is 2. The van der Waals surface area contributed by atoms with Gasteiger partial charge in [0.05, 0.1) is 28.6 Å². The van der Waals surface area contributed by atoms with Gasteiger partial charge in [0.25, 0.3) is 5.91 Å². The Morgan fingerprint density at radius 1 is 1.17 bits per heavy atom. The van der Waals surface area contributed by atoms with Crippen LogP contribution in [0.2, 0.25) is 0 Å². The molecular formula is C21H20N4O3S. The number of thiazole rings is 1. The Bertz CT molecular complexity index is 1200. The van der Waals surface area contributed by atoms with Gasteiger partial charge in [0.2, 0.25) is 5.91 Å². The van der Waals surface area contributed by atoms with E-state index in [-0.39, 0.29) is 11.8 Å². The van der Waals surface area contributed by atoms with Gasteiger partial charge in [-0.25, -0.2) is 4.98 Å². The molecule has 29 heavy (non-hydrogen) atoms. The molecule has 3 heterocycles. The van der Waals surface area contributed by atoms with Crippen molar-refractivity contribution in [3.8, 4) is 0 Å². The number of anilines is 2. The van der Waals surface area contributed by atoms with E-state index < -0.39 is 0 Å². The quantitative estimate of drug-likeness (QED) is 0.506. The molecule has 7 nitrogen and oxygen atoms in total. The lowest BCUT2D eigenvalue weighted by Gasteiger charge is -2.07. The standard InChI is InChI=1S/C21H20N4O3S/c1-12-9-17(13(2)25(12)11-16-5-4-8-28-16)20(27)24-21-23-18-7-6-15(22-14(3)26)10-19(18)29-21/h4-10H,11H2,1-3H3,(H,22,26)(H,23,24,27). The minimum absolute atomic E-state index is 0.132. The Hall–Kier alpha value is -3.39. The molecule has 8 heteroatoms. The Morgan fingerprint density at radius 2 is 2.00 bits per heavy atom. The summed E-state index contributed by atoms with van der Waals surface area (Å²) >= 11 is 1.37. The second kappa shape index (κ2) is 7.56. The number of hydrogen-bond donors (Lipinski definition) is 2. The van der Waals surface area contributed by atoms with E-state index in [1.807, 2.05) is 48.7 Å². The molecule has 0 radical (unpaired) electrons. The third-order valence-electron chi connectivity index (χ3n) is 4.64. The van der Waals surface area contributed by atoms with Crippen LogP contribution in [0.15, 0.2) is 47.1 Å². The van der Waals surface area contributed by atoms with Crippen molar-refractivity contribution in [3.63, 3.8) is 0 Å². The van der Waals surface area contributed by atoms with Crippen LogP contribution >= 0.6 is 11.3 Å². The fourth-order valence-electron chi connectivity index (χ4n) is 3.26. The summed E-state index contributed by atoms with van der Waals surface area (Å²) in [5.74, 6) is 0.497. The number of nitrogens with zero attached hydrogens (tertiary/aromatic N) is 2. The maximum Gasteiger partial charge on any atom is 0.259 e. The first-order valence-electron chi connectivity index (χ1n) is 9.09. The fourth-order valence-corrected chi connectivity index (χ4v) is 4.16. The zero-order chi connectivity index (χ0) is 20.5. The van der Waals surface area contributed by atoms with Crippen molar-refractivity contribution in [1.29, 1.82) is 0 Å². The lowest BCUT2D eigenvalue weighted by Crippen LogP contribution is -2.13. The summed E-state index contributed by atoms with van der Waals surface area (Å²) < 4.78 is 8.36. The number of rotatable bonds is 5. The number of carbonyl (C=O) groups is 2. The molecular weight excluding hydrogens is 388 g/mol. The number of fused-ring (bicyclic) bond motifs is 1. The molecule has 1 aromatic carbocycles. The summed E-state index contributed by atoms with van der Waals surface area (Å²) in [7, 11) is 0. The van der Waals surface area contributed by atoms with E-state index in [1.54, 1.807) is 12.3 Å². The summed E-state index contributed by atoms with van der Waals surface area (Å²) in [6, 6.07) is 11.1. The molecule has 0 spiro atoms. The van der Waals surface area contributed by atoms with Crippen LogP contribution in [0.4, 0.5) is 10.8 Å². The van der Waals surface area contributed by atoms with Crippen LogP contribution in [-0.4, -0.2) is 21.4 Å². The van der Waals surface area contributed by atoms with Crippen LogP contribution < -0.4 is 10.6 Å². The van der Waals surface area contributed by atoms with Gasteiger partial charge in [0.15, 0.2) is 5.13 Å². The first kappa shape index (κ1) is 18.9. The Kier molecular flexibility index (Phi) is 4.94. The van der Waals surface area contributed by atoms with Crippen LogP contribution in [-0.2, 0) is 11.3 Å². The average molecular weight is 408 g/mol. The Labute approximate surface area is 171 Å². The highest BCUT2D eigenvalue weighted by atomic mass is 32.1. The molecule has 0 fully saturated rings. The highest BCUT2D eigenvalue weighted by Gasteiger charge is 2.18. The summed E-state index contributed by atoms with van der Waals surface area (Å²) in [4.78, 5) is 28.6. The first-order chi connectivity index (χ1) is 13.9. The van der Waals surface area contributed by atoms with Gasteiger partial charge in [-0.15, -0.1) is 0 Å². The normalized spacial score (nSPS) is 11.0. The summed E-state index contributed by atoms with van der Waals surface area (Å²) in [6.07, 6.45) is 1.64. The van der Waals surface area contributed by atoms with Crippen molar-refractivity contribution in [2.45, 2.75) is 27.3 Å². The number of aromatic nitrogens is 2. The van der Waals surface area contributed by atoms with Gasteiger partial charge < -0.3 is 14.3 Å². The highest BCUT2D eigenvalue weighted by Crippen LogP contribution is 2.29. The van der Waals surface area contributed by atoms with Gasteiger partial charge in [-0.1, -0.05) is 11.3 Å². The molecule has 0 saturated heterocycles. The van der Waals surface area contributed by atoms with E-state index in [4.69, 9.17) is 4.42 Å². The molecule has 0 saturated carbocycles. The van der Waals surface area contributed by atoms with E-state index in [1.165, 1.54) is 18.3 Å². The molecule has 4 rings (SSSR count). The fraction of sp³-hybridized carbons (Fsp3) is 0.190. The topological polar surface area (TPSA) is 89.2 Å². The van der Waals surface area contributed by atoms with E-state index >= 15 is 0 Å². The zero-order valence-electron chi connectivity index (χ0n) is 16.3. The van der Waals surface area contributed by atoms with Crippen LogP contribution in [0.1, 0.15) is 34.4 Å². The second-order valence-corrected chi connectivity index (χ2v) is 7.82. The van der Waals surface area contributed by atoms with Crippen molar-refractivity contribution >= 4 is 44.2 Å². The molecule has 3 aromatic heterocycles. The van der Waals surface area contributed by atoms with Crippen molar-refractivity contribution in [2.24, 2.45) is 0 Å². The number of aryl methyl sites for hydroxylation is 1. The number of benzene rings is 1. The molecule has 2 N–H and O–H groups in total. The Morgan fingerprint density at radius 3 is 2.72 bits per heavy atom. The average Bonchev–Trinajstić information content (AvgIpc) is 3.36. The van der Waals surface area contributed by atoms with Crippen LogP contribution in [0.5, 0.6) is 0 Å². The van der Waals surface area contributed by atoms with Gasteiger partial charge in [-0.05, 0) is 50.2 Å². The van der Waals surface area contributed by atoms with Gasteiger partial charge in [0.1, 0.15) is 5.76 Å². The summed E-state index contributed by atoms with van der Waals surface area (Å²) in [5, 5.41) is 6.16. The first-order valence-corrected chi connectivity index (χ1v) is 9.91. The molecule has 0 aliphatic heterocycles. The van der Waals surface area contributed by atoms with E-state index in [0.29, 0.717) is 22.9 Å². The van der Waals surface area contributed by atoms with Crippen molar-refractivity contribution in [1.82, 2.24) is 9.55 Å². The highest BCUT2D eigenvalue weighted by molar-refractivity contribution is 7.22. The lowest BCUT2D eigenvalue weighted by molar-refractivity contribution is -0.114. The maximum absolute atomic E-state index is 12.9. The number of hydrogen-bond acceptors (Lipinski definition) is 5. The van der Waals surface area contributed by atoms with E-state index in [0.717, 1.165) is 27.4 Å². The van der Waals surface area contributed by atoms with E-state index in [2.05, 4.69) is 15.6 Å². The van der Waals surface area contributed by atoms with Crippen LogP contribution in [0, 0.1) is 13.8 Å². The molecule has 2 amide bonds. The predicted molar refractivity (Wildman–Crippen MR) is 114 cm³/mol. The van der Waals surface area contributed by atoms with Crippen molar-refractivity contribution < 1.29 is 14.0 Å². The number of nitrogens with one attached hydrogen (secondary N) is 2. The largest absolute Gasteiger partial charge is 0.467 e. The van der Waals surface area contributed by atoms with Gasteiger partial charge in [-0.2, -0.15) is 0 Å².